The van der Waals surface area contributed by atoms with Crippen LogP contribution < -0.4 is 5.32 Å². The van der Waals surface area contributed by atoms with E-state index in [2.05, 4.69) is 10.3 Å². The number of nitro groups is 1. The zero-order valence-corrected chi connectivity index (χ0v) is 12.7. The topological polar surface area (TPSA) is 105 Å². The van der Waals surface area contributed by atoms with Gasteiger partial charge >= 0.3 is 0 Å². The van der Waals surface area contributed by atoms with Crippen molar-refractivity contribution in [2.45, 2.75) is 40.2 Å². The van der Waals surface area contributed by atoms with Crippen molar-refractivity contribution in [1.29, 1.82) is 0 Å². The number of aryl methyl sites for hydroxylation is 1. The van der Waals surface area contributed by atoms with Gasteiger partial charge in [0.05, 0.1) is 16.2 Å². The summed E-state index contributed by atoms with van der Waals surface area (Å²) in [7, 11) is 0. The van der Waals surface area contributed by atoms with Crippen LogP contribution in [0, 0.1) is 22.5 Å². The maximum Gasteiger partial charge on any atom is 0.288 e. The lowest BCUT2D eigenvalue weighted by Gasteiger charge is -2.31. The average molecular weight is 295 g/mol. The van der Waals surface area contributed by atoms with Gasteiger partial charge in [-0.05, 0) is 18.8 Å². The van der Waals surface area contributed by atoms with Crippen molar-refractivity contribution in [2.75, 3.05) is 6.61 Å². The first kappa shape index (κ1) is 17.0. The lowest BCUT2D eigenvalue weighted by Crippen LogP contribution is -2.44. The molecule has 0 saturated heterocycles. The molecular formula is C14H21N3O4. The Bertz CT molecular complexity index is 538. The summed E-state index contributed by atoms with van der Waals surface area (Å²) in [6.07, 6.45) is 1.54. The van der Waals surface area contributed by atoms with Gasteiger partial charge in [-0.15, -0.1) is 0 Å². The molecule has 21 heavy (non-hydrogen) atoms. The van der Waals surface area contributed by atoms with Gasteiger partial charge in [0, 0.05) is 18.7 Å². The highest BCUT2D eigenvalue weighted by Gasteiger charge is 2.27. The fourth-order valence-corrected chi connectivity index (χ4v) is 1.94. The van der Waals surface area contributed by atoms with E-state index in [1.807, 2.05) is 20.8 Å². The van der Waals surface area contributed by atoms with E-state index in [1.54, 1.807) is 6.92 Å². The second-order valence-electron chi connectivity index (χ2n) is 5.99. The Hall–Kier alpha value is -2.02. The van der Waals surface area contributed by atoms with Gasteiger partial charge in [0.2, 0.25) is 0 Å². The monoisotopic (exact) mass is 295 g/mol. The van der Waals surface area contributed by atoms with E-state index in [-0.39, 0.29) is 29.3 Å². The molecule has 1 rings (SSSR count). The number of amides is 1. The Balaban J connectivity index is 3.02. The third-order valence-corrected chi connectivity index (χ3v) is 3.30. The average Bonchev–Trinajstić information content (AvgIpc) is 2.37. The molecule has 1 aromatic rings. The normalized spacial score (nSPS) is 12.8. The van der Waals surface area contributed by atoms with E-state index in [0.29, 0.717) is 12.1 Å². The van der Waals surface area contributed by atoms with Crippen molar-refractivity contribution in [3.05, 3.63) is 33.6 Å². The van der Waals surface area contributed by atoms with Crippen LogP contribution in [0.3, 0.4) is 0 Å². The predicted octanol–water partition coefficient (Wildman–Crippen LogP) is 1.83. The van der Waals surface area contributed by atoms with Crippen molar-refractivity contribution in [3.8, 4) is 0 Å². The standard InChI is InChI=1S/C14H21N3O4/c1-9-11(7-10(8-15-9)17(20)21)13(19)16-12(5-6-18)14(2,3)4/h7-8,12,18H,5-6H2,1-4H3,(H,16,19). The fraction of sp³-hybridized carbons (Fsp3) is 0.571. The van der Waals surface area contributed by atoms with Gasteiger partial charge in [0.15, 0.2) is 0 Å². The van der Waals surface area contributed by atoms with Gasteiger partial charge < -0.3 is 10.4 Å². The van der Waals surface area contributed by atoms with E-state index in [0.717, 1.165) is 6.20 Å². The smallest absolute Gasteiger partial charge is 0.288 e. The first-order valence-electron chi connectivity index (χ1n) is 6.69. The maximum absolute atomic E-state index is 12.3. The number of nitrogens with one attached hydrogen (secondary N) is 1. The number of hydrogen-bond acceptors (Lipinski definition) is 5. The quantitative estimate of drug-likeness (QED) is 0.636. The Morgan fingerprint density at radius 1 is 1.52 bits per heavy atom. The number of pyridine rings is 1. The number of aliphatic hydroxyl groups excluding tert-OH is 1. The third kappa shape index (κ3) is 4.49. The van der Waals surface area contributed by atoms with Crippen molar-refractivity contribution < 1.29 is 14.8 Å². The molecule has 1 unspecified atom stereocenters. The minimum Gasteiger partial charge on any atom is -0.396 e. The van der Waals surface area contributed by atoms with Crippen molar-refractivity contribution in [3.63, 3.8) is 0 Å². The van der Waals surface area contributed by atoms with Crippen LogP contribution in [0.4, 0.5) is 5.69 Å². The Morgan fingerprint density at radius 2 is 2.14 bits per heavy atom. The van der Waals surface area contributed by atoms with Crippen LogP contribution in [0.1, 0.15) is 43.2 Å². The van der Waals surface area contributed by atoms with E-state index < -0.39 is 10.8 Å². The minimum atomic E-state index is -0.585. The van der Waals surface area contributed by atoms with Crippen molar-refractivity contribution in [1.82, 2.24) is 10.3 Å². The third-order valence-electron chi connectivity index (χ3n) is 3.30. The van der Waals surface area contributed by atoms with Crippen LogP contribution in [0.5, 0.6) is 0 Å². The number of carbonyl (C=O) groups is 1. The van der Waals surface area contributed by atoms with Gasteiger partial charge in [-0.3, -0.25) is 19.9 Å². The summed E-state index contributed by atoms with van der Waals surface area (Å²) in [6.45, 7) is 7.43. The summed E-state index contributed by atoms with van der Waals surface area (Å²) in [4.78, 5) is 26.4. The largest absolute Gasteiger partial charge is 0.396 e. The highest BCUT2D eigenvalue weighted by Crippen LogP contribution is 2.23. The summed E-state index contributed by atoms with van der Waals surface area (Å²) in [5.41, 5.74) is 0.145. The molecule has 0 aliphatic heterocycles. The molecular weight excluding hydrogens is 274 g/mol. The zero-order chi connectivity index (χ0) is 16.2. The number of nitrogens with zero attached hydrogens (tertiary/aromatic N) is 2. The van der Waals surface area contributed by atoms with E-state index in [4.69, 9.17) is 5.11 Å². The molecule has 1 atom stereocenters. The Labute approximate surface area is 123 Å². The second kappa shape index (κ2) is 6.62. The molecule has 0 fully saturated rings. The Morgan fingerprint density at radius 3 is 2.62 bits per heavy atom. The van der Waals surface area contributed by atoms with Crippen LogP contribution in [-0.2, 0) is 0 Å². The molecule has 1 amide bonds. The van der Waals surface area contributed by atoms with Gasteiger partial charge in [-0.25, -0.2) is 0 Å². The summed E-state index contributed by atoms with van der Waals surface area (Å²) in [5, 5.41) is 22.7. The molecule has 1 heterocycles. The van der Waals surface area contributed by atoms with Crippen LogP contribution in [0.25, 0.3) is 0 Å². The molecule has 0 radical (unpaired) electrons. The van der Waals surface area contributed by atoms with Crippen molar-refractivity contribution in [2.24, 2.45) is 5.41 Å². The lowest BCUT2D eigenvalue weighted by molar-refractivity contribution is -0.385. The van der Waals surface area contributed by atoms with Crippen LogP contribution >= 0.6 is 0 Å². The Kier molecular flexibility index (Phi) is 5.37. The van der Waals surface area contributed by atoms with E-state index in [1.165, 1.54) is 6.07 Å². The lowest BCUT2D eigenvalue weighted by atomic mass is 9.84. The first-order valence-corrected chi connectivity index (χ1v) is 6.69. The predicted molar refractivity (Wildman–Crippen MR) is 78.0 cm³/mol. The molecule has 2 N–H and O–H groups in total. The number of rotatable bonds is 5. The highest BCUT2D eigenvalue weighted by atomic mass is 16.6. The second-order valence-corrected chi connectivity index (χ2v) is 5.99. The zero-order valence-electron chi connectivity index (χ0n) is 12.7. The van der Waals surface area contributed by atoms with Gasteiger partial charge in [-0.2, -0.15) is 0 Å². The van der Waals surface area contributed by atoms with Gasteiger partial charge in [0.1, 0.15) is 6.20 Å². The fourth-order valence-electron chi connectivity index (χ4n) is 1.94. The van der Waals surface area contributed by atoms with Crippen LogP contribution in [0.2, 0.25) is 0 Å². The highest BCUT2D eigenvalue weighted by molar-refractivity contribution is 5.96. The minimum absolute atomic E-state index is 0.0472. The molecule has 7 heteroatoms. The number of carbonyl (C=O) groups excluding carboxylic acids is 1. The summed E-state index contributed by atoms with van der Waals surface area (Å²) in [5.74, 6) is -0.419. The summed E-state index contributed by atoms with van der Waals surface area (Å²) >= 11 is 0. The van der Waals surface area contributed by atoms with Crippen LogP contribution in [0.15, 0.2) is 12.3 Å². The molecule has 0 spiro atoms. The molecule has 0 aliphatic rings. The summed E-state index contributed by atoms with van der Waals surface area (Å²) < 4.78 is 0. The molecule has 0 saturated carbocycles. The number of hydrogen-bond donors (Lipinski definition) is 2. The molecule has 7 nitrogen and oxygen atoms in total. The van der Waals surface area contributed by atoms with E-state index >= 15 is 0 Å². The maximum atomic E-state index is 12.3. The number of aliphatic hydroxyl groups is 1. The van der Waals surface area contributed by atoms with Crippen LogP contribution in [-0.4, -0.2) is 33.6 Å². The van der Waals surface area contributed by atoms with E-state index in [9.17, 15) is 14.9 Å². The SMILES string of the molecule is Cc1ncc([N+](=O)[O-])cc1C(=O)NC(CCO)C(C)(C)C. The summed E-state index contributed by atoms with van der Waals surface area (Å²) in [6, 6.07) is 0.977. The molecule has 0 aromatic carbocycles. The number of aromatic nitrogens is 1. The molecule has 116 valence electrons. The van der Waals surface area contributed by atoms with Crippen molar-refractivity contribution >= 4 is 11.6 Å². The van der Waals surface area contributed by atoms with Gasteiger partial charge in [-0.1, -0.05) is 20.8 Å². The van der Waals surface area contributed by atoms with Gasteiger partial charge in [0.25, 0.3) is 11.6 Å². The molecule has 1 aromatic heterocycles. The first-order chi connectivity index (χ1) is 9.66. The molecule has 0 aliphatic carbocycles. The molecule has 0 bridgehead atoms.